The minimum Gasteiger partial charge on any atom is -0.348 e. The molecule has 0 saturated carbocycles. The fraction of sp³-hybridized carbons (Fsp3) is 0.364. The van der Waals surface area contributed by atoms with Crippen LogP contribution in [0.4, 0.5) is 4.39 Å². The molecule has 2 aromatic carbocycles. The van der Waals surface area contributed by atoms with Gasteiger partial charge in [0, 0.05) is 36.2 Å². The summed E-state index contributed by atoms with van der Waals surface area (Å²) >= 11 is 3.41. The van der Waals surface area contributed by atoms with Crippen molar-refractivity contribution in [2.24, 2.45) is 0 Å². The van der Waals surface area contributed by atoms with Gasteiger partial charge < -0.3 is 10.2 Å². The molecule has 0 spiro atoms. The van der Waals surface area contributed by atoms with Crippen molar-refractivity contribution in [1.29, 1.82) is 0 Å². The van der Waals surface area contributed by atoms with Crippen molar-refractivity contribution in [3.05, 3.63) is 69.4 Å². The van der Waals surface area contributed by atoms with E-state index in [0.29, 0.717) is 43.9 Å². The summed E-state index contributed by atoms with van der Waals surface area (Å²) in [4.78, 5) is 28.7. The second kappa shape index (κ2) is 9.50. The molecule has 1 aliphatic heterocycles. The second-order valence-electron chi connectivity index (χ2n) is 7.37. The minimum absolute atomic E-state index is 0.0409. The Morgan fingerprint density at radius 3 is 2.38 bits per heavy atom. The smallest absolute Gasteiger partial charge is 0.254 e. The van der Waals surface area contributed by atoms with Gasteiger partial charge in [-0.1, -0.05) is 34.1 Å². The lowest BCUT2D eigenvalue weighted by Crippen LogP contribution is -2.51. The lowest BCUT2D eigenvalue weighted by atomic mass is 10.1. The van der Waals surface area contributed by atoms with E-state index < -0.39 is 0 Å². The summed E-state index contributed by atoms with van der Waals surface area (Å²) in [5, 5.41) is 3.02. The summed E-state index contributed by atoms with van der Waals surface area (Å²) in [6.07, 6.45) is 0. The molecule has 1 aliphatic rings. The Kier molecular flexibility index (Phi) is 7.03. The fourth-order valence-electron chi connectivity index (χ4n) is 3.34. The molecule has 29 heavy (non-hydrogen) atoms. The first-order chi connectivity index (χ1) is 13.8. The summed E-state index contributed by atoms with van der Waals surface area (Å²) in [5.41, 5.74) is 1.93. The Morgan fingerprint density at radius 2 is 1.76 bits per heavy atom. The molecule has 1 fully saturated rings. The number of nitrogens with zero attached hydrogens (tertiary/aromatic N) is 2. The molecular formula is C22H25BrFN3O2. The van der Waals surface area contributed by atoms with E-state index in [-0.39, 0.29) is 23.7 Å². The Balaban J connectivity index is 1.47. The van der Waals surface area contributed by atoms with E-state index in [0.717, 1.165) is 10.0 Å². The van der Waals surface area contributed by atoms with Gasteiger partial charge in [0.2, 0.25) is 5.91 Å². The van der Waals surface area contributed by atoms with Crippen molar-refractivity contribution >= 4 is 27.7 Å². The highest BCUT2D eigenvalue weighted by atomic mass is 79.9. The van der Waals surface area contributed by atoms with Crippen LogP contribution in [0.2, 0.25) is 0 Å². The average molecular weight is 462 g/mol. The average Bonchev–Trinajstić information content (AvgIpc) is 2.70. The van der Waals surface area contributed by atoms with Crippen molar-refractivity contribution in [3.8, 4) is 0 Å². The van der Waals surface area contributed by atoms with E-state index in [2.05, 4.69) is 21.2 Å². The Hall–Kier alpha value is -2.25. The van der Waals surface area contributed by atoms with Crippen LogP contribution in [0.3, 0.4) is 0 Å². The zero-order chi connectivity index (χ0) is 21.0. The third-order valence-corrected chi connectivity index (χ3v) is 5.72. The number of benzene rings is 2. The van der Waals surface area contributed by atoms with Gasteiger partial charge in [0.1, 0.15) is 5.82 Å². The number of carbonyl (C=O) groups is 2. The van der Waals surface area contributed by atoms with Gasteiger partial charge >= 0.3 is 0 Å². The maximum atomic E-state index is 13.7. The number of hydrogen-bond acceptors (Lipinski definition) is 3. The van der Waals surface area contributed by atoms with Gasteiger partial charge in [0.15, 0.2) is 0 Å². The second-order valence-corrected chi connectivity index (χ2v) is 8.29. The van der Waals surface area contributed by atoms with E-state index in [1.807, 2.05) is 36.1 Å². The zero-order valence-corrected chi connectivity index (χ0v) is 18.2. The van der Waals surface area contributed by atoms with Crippen LogP contribution in [-0.2, 0) is 4.79 Å². The van der Waals surface area contributed by atoms with Crippen LogP contribution < -0.4 is 5.32 Å². The molecule has 1 heterocycles. The quantitative estimate of drug-likeness (QED) is 0.740. The Bertz CT molecular complexity index is 880. The summed E-state index contributed by atoms with van der Waals surface area (Å²) in [5.74, 6) is -0.580. The monoisotopic (exact) mass is 461 g/mol. The van der Waals surface area contributed by atoms with Gasteiger partial charge in [0.05, 0.1) is 12.6 Å². The molecule has 7 heteroatoms. The maximum absolute atomic E-state index is 13.7. The maximum Gasteiger partial charge on any atom is 0.254 e. The molecule has 2 aromatic rings. The molecule has 3 rings (SSSR count). The number of aryl methyl sites for hydroxylation is 1. The zero-order valence-electron chi connectivity index (χ0n) is 16.6. The highest BCUT2D eigenvalue weighted by Gasteiger charge is 2.24. The lowest BCUT2D eigenvalue weighted by molar-refractivity contribution is -0.123. The first-order valence-corrected chi connectivity index (χ1v) is 10.5. The summed E-state index contributed by atoms with van der Waals surface area (Å²) < 4.78 is 14.7. The van der Waals surface area contributed by atoms with Gasteiger partial charge in [-0.25, -0.2) is 4.39 Å². The number of halogens is 2. The first-order valence-electron chi connectivity index (χ1n) is 9.66. The molecule has 1 N–H and O–H groups in total. The number of piperazine rings is 1. The molecular weight excluding hydrogens is 437 g/mol. The molecule has 0 aromatic heterocycles. The van der Waals surface area contributed by atoms with E-state index in [1.54, 1.807) is 24.0 Å². The highest BCUT2D eigenvalue weighted by Crippen LogP contribution is 2.17. The standard InChI is InChI=1S/C22H25BrFN3O2/c1-15-3-4-18(13-20(15)24)22(29)27-11-9-26(10-12-27)14-21(28)25-16(2)17-5-7-19(23)8-6-17/h3-8,13,16H,9-12,14H2,1-2H3,(H,25,28). The lowest BCUT2D eigenvalue weighted by Gasteiger charge is -2.34. The highest BCUT2D eigenvalue weighted by molar-refractivity contribution is 9.10. The third kappa shape index (κ3) is 5.64. The van der Waals surface area contributed by atoms with Crippen LogP contribution in [-0.4, -0.2) is 54.3 Å². The van der Waals surface area contributed by atoms with Crippen LogP contribution >= 0.6 is 15.9 Å². The Labute approximate surface area is 179 Å². The SMILES string of the molecule is Cc1ccc(C(=O)N2CCN(CC(=O)NC(C)c3ccc(Br)cc3)CC2)cc1F. The van der Waals surface area contributed by atoms with Crippen LogP contribution in [0, 0.1) is 12.7 Å². The van der Waals surface area contributed by atoms with Crippen molar-refractivity contribution in [2.45, 2.75) is 19.9 Å². The molecule has 0 aliphatic carbocycles. The number of nitrogens with one attached hydrogen (secondary N) is 1. The normalized spacial score (nSPS) is 15.8. The molecule has 154 valence electrons. The molecule has 1 saturated heterocycles. The third-order valence-electron chi connectivity index (χ3n) is 5.19. The molecule has 1 unspecified atom stereocenters. The van der Waals surface area contributed by atoms with Crippen molar-refractivity contribution in [3.63, 3.8) is 0 Å². The predicted octanol–water partition coefficient (Wildman–Crippen LogP) is 3.53. The van der Waals surface area contributed by atoms with Crippen LogP contribution in [0.1, 0.15) is 34.5 Å². The van der Waals surface area contributed by atoms with Crippen LogP contribution in [0.5, 0.6) is 0 Å². The topological polar surface area (TPSA) is 52.7 Å². The van der Waals surface area contributed by atoms with Crippen LogP contribution in [0.25, 0.3) is 0 Å². The van der Waals surface area contributed by atoms with E-state index >= 15 is 0 Å². The summed E-state index contributed by atoms with van der Waals surface area (Å²) in [6.45, 7) is 6.18. The minimum atomic E-state index is -0.369. The van der Waals surface area contributed by atoms with Gasteiger partial charge in [-0.2, -0.15) is 0 Å². The Morgan fingerprint density at radius 1 is 1.10 bits per heavy atom. The van der Waals surface area contributed by atoms with E-state index in [1.165, 1.54) is 6.07 Å². The number of hydrogen-bond donors (Lipinski definition) is 1. The largest absolute Gasteiger partial charge is 0.348 e. The number of amides is 2. The number of carbonyl (C=O) groups excluding carboxylic acids is 2. The number of rotatable bonds is 5. The van der Waals surface area contributed by atoms with Gasteiger partial charge in [0.25, 0.3) is 5.91 Å². The predicted molar refractivity (Wildman–Crippen MR) is 114 cm³/mol. The summed E-state index contributed by atoms with van der Waals surface area (Å²) in [7, 11) is 0. The molecule has 0 bridgehead atoms. The molecule has 5 nitrogen and oxygen atoms in total. The van der Waals surface area contributed by atoms with E-state index in [9.17, 15) is 14.0 Å². The van der Waals surface area contributed by atoms with Crippen LogP contribution in [0.15, 0.2) is 46.9 Å². The molecule has 0 radical (unpaired) electrons. The summed E-state index contributed by atoms with van der Waals surface area (Å²) in [6, 6.07) is 12.4. The molecule has 2 amide bonds. The fourth-order valence-corrected chi connectivity index (χ4v) is 3.61. The van der Waals surface area contributed by atoms with Gasteiger partial charge in [-0.3, -0.25) is 14.5 Å². The van der Waals surface area contributed by atoms with Crippen molar-refractivity contribution in [1.82, 2.24) is 15.1 Å². The first kappa shape index (κ1) is 21.5. The molecule has 1 atom stereocenters. The van der Waals surface area contributed by atoms with Crippen molar-refractivity contribution < 1.29 is 14.0 Å². The van der Waals surface area contributed by atoms with Gasteiger partial charge in [-0.15, -0.1) is 0 Å². The van der Waals surface area contributed by atoms with Crippen molar-refractivity contribution in [2.75, 3.05) is 32.7 Å². The van der Waals surface area contributed by atoms with E-state index in [4.69, 9.17) is 0 Å². The van der Waals surface area contributed by atoms with Gasteiger partial charge in [-0.05, 0) is 49.2 Å².